The van der Waals surface area contributed by atoms with Crippen LogP contribution in [0.15, 0.2) is 0 Å². The number of rotatable bonds is 11. The fraction of sp³-hybridized carbons (Fsp3) is 0.706. The van der Waals surface area contributed by atoms with Crippen LogP contribution in [0.2, 0.25) is 0 Å². The summed E-state index contributed by atoms with van der Waals surface area (Å²) < 4.78 is 0. The maximum Gasteiger partial charge on any atom is 0.326 e. The number of hydrogen-bond acceptors (Lipinski definition) is 6. The van der Waals surface area contributed by atoms with E-state index in [-0.39, 0.29) is 18.3 Å². The van der Waals surface area contributed by atoms with Crippen LogP contribution in [0.1, 0.15) is 41.0 Å². The molecule has 11 nitrogen and oxygen atoms in total. The van der Waals surface area contributed by atoms with Crippen LogP contribution in [-0.2, 0) is 24.0 Å². The van der Waals surface area contributed by atoms with Crippen LogP contribution in [-0.4, -0.2) is 58.9 Å². The molecule has 0 spiro atoms. The van der Waals surface area contributed by atoms with E-state index in [9.17, 15) is 29.1 Å². The van der Waals surface area contributed by atoms with E-state index in [1.165, 1.54) is 6.92 Å². The summed E-state index contributed by atoms with van der Waals surface area (Å²) in [5, 5.41) is 16.4. The highest BCUT2D eigenvalue weighted by molar-refractivity contribution is 5.94. The number of primary amides is 1. The smallest absolute Gasteiger partial charge is 0.326 e. The third-order valence-electron chi connectivity index (χ3n) is 3.99. The van der Waals surface area contributed by atoms with Gasteiger partial charge >= 0.3 is 5.97 Å². The van der Waals surface area contributed by atoms with Crippen molar-refractivity contribution in [1.29, 1.82) is 0 Å². The minimum absolute atomic E-state index is 0.342. The normalized spacial score (nSPS) is 15.3. The molecule has 0 saturated carbocycles. The molecule has 0 radical (unpaired) electrons. The first-order valence-electron chi connectivity index (χ1n) is 8.95. The first-order valence-corrected chi connectivity index (χ1v) is 8.95. The molecule has 0 aromatic heterocycles. The van der Waals surface area contributed by atoms with Crippen molar-refractivity contribution in [1.82, 2.24) is 16.0 Å². The van der Waals surface area contributed by atoms with Gasteiger partial charge in [-0.2, -0.15) is 0 Å². The maximum absolute atomic E-state index is 12.5. The van der Waals surface area contributed by atoms with E-state index in [0.29, 0.717) is 0 Å². The summed E-state index contributed by atoms with van der Waals surface area (Å²) in [6.45, 7) is 8.04. The summed E-state index contributed by atoms with van der Waals surface area (Å²) in [7, 11) is 0. The molecule has 0 aliphatic heterocycles. The monoisotopic (exact) mass is 401 g/mol. The Morgan fingerprint density at radius 1 is 0.786 bits per heavy atom. The second kappa shape index (κ2) is 11.2. The van der Waals surface area contributed by atoms with Crippen molar-refractivity contribution in [2.24, 2.45) is 23.3 Å². The highest BCUT2D eigenvalue weighted by Crippen LogP contribution is 2.07. The Labute approximate surface area is 164 Å². The number of carbonyl (C=O) groups is 5. The molecule has 11 heteroatoms. The summed E-state index contributed by atoms with van der Waals surface area (Å²) in [5.74, 6) is -4.67. The van der Waals surface area contributed by atoms with Gasteiger partial charge in [-0.15, -0.1) is 0 Å². The van der Waals surface area contributed by atoms with E-state index in [4.69, 9.17) is 11.5 Å². The average Bonchev–Trinajstić information content (AvgIpc) is 2.55. The van der Waals surface area contributed by atoms with Crippen LogP contribution in [0.5, 0.6) is 0 Å². The topological polar surface area (TPSA) is 194 Å². The van der Waals surface area contributed by atoms with Crippen LogP contribution in [0.25, 0.3) is 0 Å². The Morgan fingerprint density at radius 3 is 1.64 bits per heavy atom. The number of hydrogen-bond donors (Lipinski definition) is 6. The lowest BCUT2D eigenvalue weighted by molar-refractivity contribution is -0.143. The summed E-state index contributed by atoms with van der Waals surface area (Å²) >= 11 is 0. The molecular weight excluding hydrogens is 370 g/mol. The van der Waals surface area contributed by atoms with E-state index in [1.54, 1.807) is 27.7 Å². The predicted molar refractivity (Wildman–Crippen MR) is 101 cm³/mol. The lowest BCUT2D eigenvalue weighted by Gasteiger charge is -2.26. The molecule has 0 aromatic carbocycles. The minimum Gasteiger partial charge on any atom is -0.480 e. The number of carbonyl (C=O) groups excluding carboxylic acids is 4. The van der Waals surface area contributed by atoms with Crippen molar-refractivity contribution in [2.45, 2.75) is 65.2 Å². The Kier molecular flexibility index (Phi) is 10.1. The van der Waals surface area contributed by atoms with Gasteiger partial charge in [0.2, 0.25) is 23.6 Å². The Morgan fingerprint density at radius 2 is 1.25 bits per heavy atom. The van der Waals surface area contributed by atoms with E-state index < -0.39 is 53.8 Å². The Balaban J connectivity index is 5.01. The van der Waals surface area contributed by atoms with Crippen molar-refractivity contribution in [3.8, 4) is 0 Å². The van der Waals surface area contributed by atoms with Gasteiger partial charge in [0.05, 0.1) is 12.5 Å². The van der Waals surface area contributed by atoms with Crippen LogP contribution in [0.3, 0.4) is 0 Å². The standard InChI is InChI=1S/C17H31N5O6/c1-7(2)12(16(26)22-13(8(3)4)17(27)28)21-14(24)9(5)20-15(25)10(18)6-11(19)23/h7-10,12-13H,6,18H2,1-5H3,(H2,19,23)(H,20,25)(H,21,24)(H,22,26)(H,27,28). The quantitative estimate of drug-likeness (QED) is 0.232. The van der Waals surface area contributed by atoms with Crippen molar-refractivity contribution in [3.05, 3.63) is 0 Å². The molecule has 8 N–H and O–H groups in total. The van der Waals surface area contributed by atoms with Gasteiger partial charge in [-0.3, -0.25) is 19.2 Å². The minimum atomic E-state index is -1.20. The number of carboxylic acids is 1. The fourth-order valence-corrected chi connectivity index (χ4v) is 2.27. The zero-order valence-corrected chi connectivity index (χ0v) is 16.8. The predicted octanol–water partition coefficient (Wildman–Crippen LogP) is -1.94. The van der Waals surface area contributed by atoms with Crippen LogP contribution < -0.4 is 27.4 Å². The largest absolute Gasteiger partial charge is 0.480 e. The molecule has 0 rings (SSSR count). The molecule has 0 fully saturated rings. The van der Waals surface area contributed by atoms with Gasteiger partial charge in [0, 0.05) is 0 Å². The summed E-state index contributed by atoms with van der Waals surface area (Å²) in [4.78, 5) is 58.8. The highest BCUT2D eigenvalue weighted by atomic mass is 16.4. The van der Waals surface area contributed by atoms with Crippen LogP contribution in [0.4, 0.5) is 0 Å². The van der Waals surface area contributed by atoms with E-state index in [0.717, 1.165) is 0 Å². The van der Waals surface area contributed by atoms with Gasteiger partial charge in [0.15, 0.2) is 0 Å². The maximum atomic E-state index is 12.5. The molecule has 0 heterocycles. The van der Waals surface area contributed by atoms with Crippen LogP contribution in [0, 0.1) is 11.8 Å². The zero-order chi connectivity index (χ0) is 22.2. The molecule has 0 bridgehead atoms. The lowest BCUT2D eigenvalue weighted by atomic mass is 10.00. The number of nitrogens with one attached hydrogen (secondary N) is 3. The SMILES string of the molecule is CC(NC(=O)C(N)CC(N)=O)C(=O)NC(C(=O)NC(C(=O)O)C(C)C)C(C)C. The Bertz CT molecular complexity index is 607. The molecule has 4 atom stereocenters. The number of nitrogens with two attached hydrogens (primary N) is 2. The second-order valence-electron chi connectivity index (χ2n) is 7.31. The van der Waals surface area contributed by atoms with E-state index in [2.05, 4.69) is 16.0 Å². The van der Waals surface area contributed by atoms with Gasteiger partial charge in [0.25, 0.3) is 0 Å². The number of amides is 4. The van der Waals surface area contributed by atoms with Gasteiger partial charge in [-0.05, 0) is 18.8 Å². The molecule has 0 saturated heterocycles. The third kappa shape index (κ3) is 8.33. The molecule has 0 aliphatic carbocycles. The van der Waals surface area contributed by atoms with Gasteiger partial charge in [-0.1, -0.05) is 27.7 Å². The molecule has 160 valence electrons. The molecule has 4 unspecified atom stereocenters. The second-order valence-corrected chi connectivity index (χ2v) is 7.31. The van der Waals surface area contributed by atoms with E-state index >= 15 is 0 Å². The first kappa shape index (κ1) is 25.3. The van der Waals surface area contributed by atoms with Crippen molar-refractivity contribution >= 4 is 29.6 Å². The zero-order valence-electron chi connectivity index (χ0n) is 16.8. The van der Waals surface area contributed by atoms with Gasteiger partial charge in [0.1, 0.15) is 18.1 Å². The first-order chi connectivity index (χ1) is 12.8. The molecule has 4 amide bonds. The number of carboxylic acid groups (broad SMARTS) is 1. The molecule has 0 aliphatic rings. The molecule has 0 aromatic rings. The fourth-order valence-electron chi connectivity index (χ4n) is 2.27. The van der Waals surface area contributed by atoms with Crippen molar-refractivity contribution in [2.75, 3.05) is 0 Å². The van der Waals surface area contributed by atoms with Gasteiger partial charge < -0.3 is 32.5 Å². The number of aliphatic carboxylic acids is 1. The lowest BCUT2D eigenvalue weighted by Crippen LogP contribution is -2.58. The summed E-state index contributed by atoms with van der Waals surface area (Å²) in [6.07, 6.45) is -0.372. The average molecular weight is 401 g/mol. The highest BCUT2D eigenvalue weighted by Gasteiger charge is 2.31. The third-order valence-corrected chi connectivity index (χ3v) is 3.99. The summed E-state index contributed by atoms with van der Waals surface area (Å²) in [6, 6.07) is -4.35. The molecular formula is C17H31N5O6. The molecule has 28 heavy (non-hydrogen) atoms. The Hall–Kier alpha value is -2.69. The summed E-state index contributed by atoms with van der Waals surface area (Å²) in [5.41, 5.74) is 10.5. The van der Waals surface area contributed by atoms with Crippen LogP contribution >= 0.6 is 0 Å². The van der Waals surface area contributed by atoms with Gasteiger partial charge in [-0.25, -0.2) is 4.79 Å². The van der Waals surface area contributed by atoms with E-state index in [1.807, 2.05) is 0 Å². The van der Waals surface area contributed by atoms with Crippen molar-refractivity contribution < 1.29 is 29.1 Å². The van der Waals surface area contributed by atoms with Crippen molar-refractivity contribution in [3.63, 3.8) is 0 Å².